The van der Waals surface area contributed by atoms with Gasteiger partial charge in [-0.25, -0.2) is 4.98 Å². The van der Waals surface area contributed by atoms with Crippen molar-refractivity contribution in [3.05, 3.63) is 158 Å². The van der Waals surface area contributed by atoms with E-state index in [0.717, 1.165) is 89.0 Å². The minimum Gasteiger partial charge on any atom is -0.454 e. The van der Waals surface area contributed by atoms with Gasteiger partial charge in [-0.2, -0.15) is 0 Å². The second-order valence-electron chi connectivity index (χ2n) is 12.0. The number of anilines is 3. The van der Waals surface area contributed by atoms with Gasteiger partial charge in [0.05, 0.1) is 5.69 Å². The third kappa shape index (κ3) is 3.98. The van der Waals surface area contributed by atoms with Gasteiger partial charge < -0.3 is 13.7 Å². The van der Waals surface area contributed by atoms with Gasteiger partial charge in [0.15, 0.2) is 11.3 Å². The van der Waals surface area contributed by atoms with Crippen molar-refractivity contribution in [3.8, 4) is 45.2 Å². The van der Waals surface area contributed by atoms with Crippen LogP contribution in [0.15, 0.2) is 167 Å². The molecule has 9 aromatic rings. The topological polar surface area (TPSA) is 42.4 Å². The lowest BCUT2D eigenvalue weighted by atomic mass is 10.0. The molecule has 0 atom stereocenters. The Hall–Kier alpha value is -6.39. The summed E-state index contributed by atoms with van der Waals surface area (Å²) < 4.78 is 13.2. The van der Waals surface area contributed by atoms with E-state index in [2.05, 4.69) is 120 Å². The van der Waals surface area contributed by atoms with Gasteiger partial charge in [0, 0.05) is 44.2 Å². The van der Waals surface area contributed by atoms with E-state index in [4.69, 9.17) is 13.8 Å². The van der Waals surface area contributed by atoms with Crippen molar-refractivity contribution in [1.82, 2.24) is 4.98 Å². The van der Waals surface area contributed by atoms with Gasteiger partial charge in [-0.15, -0.1) is 0 Å². The van der Waals surface area contributed by atoms with Gasteiger partial charge in [-0.3, -0.25) is 0 Å². The molecule has 47 heavy (non-hydrogen) atoms. The Morgan fingerprint density at radius 2 is 1.21 bits per heavy atom. The first kappa shape index (κ1) is 25.9. The minimum absolute atomic E-state index is 0.628. The second-order valence-corrected chi connectivity index (χ2v) is 12.0. The first-order chi connectivity index (χ1) is 23.3. The maximum atomic E-state index is 6.62. The van der Waals surface area contributed by atoms with E-state index < -0.39 is 0 Å². The Bertz CT molecular complexity index is 2630. The normalized spacial score (nSPS) is 11.8. The highest BCUT2D eigenvalue weighted by molar-refractivity contribution is 6.16. The number of hydrogen-bond acceptors (Lipinski definition) is 4. The Morgan fingerprint density at radius 3 is 2.09 bits per heavy atom. The highest BCUT2D eigenvalue weighted by atomic mass is 16.4. The Kier molecular flexibility index (Phi) is 5.54. The molecule has 0 amide bonds. The van der Waals surface area contributed by atoms with Crippen LogP contribution in [-0.4, -0.2) is 4.98 Å². The summed E-state index contributed by atoms with van der Waals surface area (Å²) in [5.41, 5.74) is 11.0. The number of nitrogens with zero attached hydrogens (tertiary/aromatic N) is 2. The van der Waals surface area contributed by atoms with E-state index >= 15 is 0 Å². The third-order valence-electron chi connectivity index (χ3n) is 9.20. The molecule has 0 unspecified atom stereocenters. The fourth-order valence-electron chi connectivity index (χ4n) is 7.10. The molecule has 4 heteroatoms. The van der Waals surface area contributed by atoms with Crippen molar-refractivity contribution in [2.24, 2.45) is 0 Å². The van der Waals surface area contributed by atoms with Crippen molar-refractivity contribution in [2.75, 3.05) is 4.90 Å². The molecular formula is C43H26N2O2. The number of rotatable bonds is 5. The van der Waals surface area contributed by atoms with Crippen LogP contribution >= 0.6 is 0 Å². The summed E-state index contributed by atoms with van der Waals surface area (Å²) in [6.45, 7) is 0. The fourth-order valence-corrected chi connectivity index (χ4v) is 7.10. The van der Waals surface area contributed by atoms with E-state index in [1.807, 2.05) is 42.5 Å². The molecule has 0 N–H and O–H groups in total. The number of furan rings is 1. The quantitative estimate of drug-likeness (QED) is 0.197. The van der Waals surface area contributed by atoms with Crippen molar-refractivity contribution >= 4 is 49.8 Å². The van der Waals surface area contributed by atoms with E-state index in [9.17, 15) is 0 Å². The first-order valence-corrected chi connectivity index (χ1v) is 15.8. The van der Waals surface area contributed by atoms with Gasteiger partial charge in [0.2, 0.25) is 5.89 Å². The molecular weight excluding hydrogens is 576 g/mol. The molecule has 1 aliphatic carbocycles. The van der Waals surface area contributed by atoms with Crippen LogP contribution in [0.1, 0.15) is 0 Å². The van der Waals surface area contributed by atoms with Crippen molar-refractivity contribution in [3.63, 3.8) is 0 Å². The molecule has 220 valence electrons. The summed E-state index contributed by atoms with van der Waals surface area (Å²) >= 11 is 0. The molecule has 0 bridgehead atoms. The number of benzene rings is 7. The molecule has 0 saturated heterocycles. The average molecular weight is 603 g/mol. The van der Waals surface area contributed by atoms with E-state index in [0.29, 0.717) is 5.89 Å². The molecule has 2 heterocycles. The lowest BCUT2D eigenvalue weighted by Gasteiger charge is -2.27. The number of para-hydroxylation sites is 2. The summed E-state index contributed by atoms with van der Waals surface area (Å²) in [5, 5.41) is 4.48. The van der Waals surface area contributed by atoms with Crippen LogP contribution in [0.25, 0.3) is 77.9 Å². The van der Waals surface area contributed by atoms with Gasteiger partial charge in [-0.05, 0) is 65.0 Å². The van der Waals surface area contributed by atoms with Crippen LogP contribution in [0, 0.1) is 0 Å². The van der Waals surface area contributed by atoms with Crippen LogP contribution in [0.4, 0.5) is 17.1 Å². The lowest BCUT2D eigenvalue weighted by Crippen LogP contribution is -2.10. The smallest absolute Gasteiger partial charge is 0.227 e. The van der Waals surface area contributed by atoms with Gasteiger partial charge in [-0.1, -0.05) is 109 Å². The maximum absolute atomic E-state index is 6.62. The molecule has 1 aliphatic rings. The molecule has 2 aromatic heterocycles. The van der Waals surface area contributed by atoms with Gasteiger partial charge in [0.1, 0.15) is 11.3 Å². The van der Waals surface area contributed by atoms with Crippen LogP contribution in [0.3, 0.4) is 0 Å². The van der Waals surface area contributed by atoms with E-state index in [-0.39, 0.29) is 0 Å². The van der Waals surface area contributed by atoms with Crippen LogP contribution in [0.2, 0.25) is 0 Å². The standard InChI is InChI=1S/C43H26N2O2/c1-3-12-27(13-4-1)29-16-9-18-31(24-29)45(37-22-11-20-34-33-19-7-8-23-38(33)46-41(34)37)32-25-30-17-10-21-35-39(30)36(26-32)42-40(35)44-43(47-42)28-14-5-2-6-15-28/h1-26H. The Morgan fingerprint density at radius 1 is 0.489 bits per heavy atom. The molecule has 0 fully saturated rings. The predicted octanol–water partition coefficient (Wildman–Crippen LogP) is 12.2. The van der Waals surface area contributed by atoms with Gasteiger partial charge >= 0.3 is 0 Å². The van der Waals surface area contributed by atoms with Crippen molar-refractivity contribution < 1.29 is 8.83 Å². The molecule has 0 spiro atoms. The van der Waals surface area contributed by atoms with Gasteiger partial charge in [0.25, 0.3) is 0 Å². The Labute approximate surface area is 270 Å². The fraction of sp³-hybridized carbons (Fsp3) is 0. The number of oxazole rings is 1. The average Bonchev–Trinajstić information content (AvgIpc) is 3.82. The van der Waals surface area contributed by atoms with Crippen LogP contribution < -0.4 is 4.90 Å². The molecule has 7 aromatic carbocycles. The summed E-state index contributed by atoms with van der Waals surface area (Å²) in [5.74, 6) is 1.43. The number of hydrogen-bond donors (Lipinski definition) is 0. The minimum atomic E-state index is 0.628. The Balaban J connectivity index is 1.23. The third-order valence-corrected chi connectivity index (χ3v) is 9.20. The molecule has 10 rings (SSSR count). The predicted molar refractivity (Wildman–Crippen MR) is 191 cm³/mol. The van der Waals surface area contributed by atoms with Crippen molar-refractivity contribution in [2.45, 2.75) is 0 Å². The zero-order valence-corrected chi connectivity index (χ0v) is 25.2. The first-order valence-electron chi connectivity index (χ1n) is 15.8. The highest BCUT2D eigenvalue weighted by Gasteiger charge is 2.30. The monoisotopic (exact) mass is 602 g/mol. The van der Waals surface area contributed by atoms with Crippen molar-refractivity contribution in [1.29, 1.82) is 0 Å². The zero-order chi connectivity index (χ0) is 30.9. The van der Waals surface area contributed by atoms with Crippen LogP contribution in [0.5, 0.6) is 0 Å². The molecule has 0 aliphatic heterocycles. The number of fused-ring (bicyclic) bond motifs is 6. The van der Waals surface area contributed by atoms with E-state index in [1.165, 1.54) is 0 Å². The lowest BCUT2D eigenvalue weighted by molar-refractivity contribution is 0.590. The second kappa shape index (κ2) is 10.1. The SMILES string of the molecule is c1ccc(-c2cccc(N(c3cc4c5c(cccc5c3)-c3nc(-c5ccccc5)oc3-4)c3cccc4c3oc3ccccc34)c2)cc1. The highest BCUT2D eigenvalue weighted by Crippen LogP contribution is 2.52. The maximum Gasteiger partial charge on any atom is 0.227 e. The summed E-state index contributed by atoms with van der Waals surface area (Å²) in [7, 11) is 0. The zero-order valence-electron chi connectivity index (χ0n) is 25.2. The molecule has 4 nitrogen and oxygen atoms in total. The van der Waals surface area contributed by atoms with Crippen LogP contribution in [-0.2, 0) is 0 Å². The number of aromatic nitrogens is 1. The largest absolute Gasteiger partial charge is 0.454 e. The molecule has 0 saturated carbocycles. The summed E-state index contributed by atoms with van der Waals surface area (Å²) in [4.78, 5) is 7.32. The van der Waals surface area contributed by atoms with E-state index in [1.54, 1.807) is 0 Å². The molecule has 0 radical (unpaired) electrons. The summed E-state index contributed by atoms with van der Waals surface area (Å²) in [6, 6.07) is 54.9. The summed E-state index contributed by atoms with van der Waals surface area (Å²) in [6.07, 6.45) is 0.